The van der Waals surface area contributed by atoms with Crippen LogP contribution in [0.1, 0.15) is 26.7 Å². The van der Waals surface area contributed by atoms with E-state index in [9.17, 15) is 4.79 Å². The summed E-state index contributed by atoms with van der Waals surface area (Å²) in [5.41, 5.74) is 1.73. The number of nitrogens with zero attached hydrogens (tertiary/aromatic N) is 1. The molecular formula is C17H21N3O3S. The topological polar surface area (TPSA) is 72.5 Å². The maximum absolute atomic E-state index is 12.0. The Morgan fingerprint density at radius 3 is 2.75 bits per heavy atom. The number of thiazole rings is 1. The monoisotopic (exact) mass is 347 g/mol. The van der Waals surface area contributed by atoms with Gasteiger partial charge < -0.3 is 14.8 Å². The van der Waals surface area contributed by atoms with Crippen LogP contribution in [0.2, 0.25) is 0 Å². The van der Waals surface area contributed by atoms with E-state index in [1.54, 1.807) is 0 Å². The van der Waals surface area contributed by atoms with E-state index >= 15 is 0 Å². The van der Waals surface area contributed by atoms with E-state index in [1.165, 1.54) is 11.3 Å². The Balaban J connectivity index is 1.68. The molecule has 0 saturated heterocycles. The second-order valence-corrected chi connectivity index (χ2v) is 6.37. The van der Waals surface area contributed by atoms with Crippen molar-refractivity contribution in [2.24, 2.45) is 0 Å². The van der Waals surface area contributed by atoms with Crippen molar-refractivity contribution in [3.8, 4) is 22.8 Å². The Morgan fingerprint density at radius 2 is 2.00 bits per heavy atom. The van der Waals surface area contributed by atoms with E-state index in [1.807, 2.05) is 23.6 Å². The van der Waals surface area contributed by atoms with Gasteiger partial charge in [0.05, 0.1) is 5.69 Å². The summed E-state index contributed by atoms with van der Waals surface area (Å²) in [5.74, 6) is 1.48. The van der Waals surface area contributed by atoms with Gasteiger partial charge in [-0.2, -0.15) is 0 Å². The molecule has 0 unspecified atom stereocenters. The zero-order valence-corrected chi connectivity index (χ0v) is 14.6. The van der Waals surface area contributed by atoms with E-state index in [-0.39, 0.29) is 12.1 Å². The first-order chi connectivity index (χ1) is 11.7. The quantitative estimate of drug-likeness (QED) is 0.860. The molecule has 7 heteroatoms. The third-order valence-electron chi connectivity index (χ3n) is 3.88. The van der Waals surface area contributed by atoms with E-state index in [0.29, 0.717) is 18.3 Å². The van der Waals surface area contributed by atoms with Crippen molar-refractivity contribution in [3.63, 3.8) is 0 Å². The van der Waals surface area contributed by atoms with Gasteiger partial charge in [0, 0.05) is 17.0 Å². The first-order valence-electron chi connectivity index (χ1n) is 8.12. The van der Waals surface area contributed by atoms with Crippen molar-refractivity contribution in [2.75, 3.05) is 18.5 Å². The van der Waals surface area contributed by atoms with Crippen LogP contribution in [-0.4, -0.2) is 30.3 Å². The van der Waals surface area contributed by atoms with Crippen molar-refractivity contribution in [2.45, 2.75) is 32.7 Å². The van der Waals surface area contributed by atoms with Crippen LogP contribution in [0.5, 0.6) is 11.5 Å². The summed E-state index contributed by atoms with van der Waals surface area (Å²) >= 11 is 1.40. The van der Waals surface area contributed by atoms with Gasteiger partial charge in [0.25, 0.3) is 0 Å². The Morgan fingerprint density at radius 1 is 1.25 bits per heavy atom. The molecule has 1 aromatic heterocycles. The highest BCUT2D eigenvalue weighted by Crippen LogP contribution is 2.35. The van der Waals surface area contributed by atoms with Crippen molar-refractivity contribution >= 4 is 22.5 Å². The Hall–Kier alpha value is -2.28. The van der Waals surface area contributed by atoms with Gasteiger partial charge in [-0.3, -0.25) is 5.32 Å². The van der Waals surface area contributed by atoms with Gasteiger partial charge in [-0.25, -0.2) is 9.78 Å². The molecule has 0 saturated carbocycles. The molecule has 6 nitrogen and oxygen atoms in total. The fourth-order valence-corrected chi connectivity index (χ4v) is 3.19. The summed E-state index contributed by atoms with van der Waals surface area (Å²) in [6.45, 7) is 5.23. The average Bonchev–Trinajstić information content (AvgIpc) is 3.07. The van der Waals surface area contributed by atoms with Crippen LogP contribution in [0.3, 0.4) is 0 Å². The number of carbonyl (C=O) groups is 1. The molecule has 0 aliphatic carbocycles. The van der Waals surface area contributed by atoms with Crippen molar-refractivity contribution in [1.29, 1.82) is 0 Å². The lowest BCUT2D eigenvalue weighted by atomic mass is 10.1. The zero-order valence-electron chi connectivity index (χ0n) is 13.8. The number of urea groups is 1. The largest absolute Gasteiger partial charge is 0.486 e. The molecule has 0 radical (unpaired) electrons. The lowest BCUT2D eigenvalue weighted by Crippen LogP contribution is -2.37. The van der Waals surface area contributed by atoms with Crippen molar-refractivity contribution in [3.05, 3.63) is 23.6 Å². The molecule has 0 fully saturated rings. The standard InChI is InChI=1S/C17H21N3O3S/c1-3-12(4-2)18-16(21)20-17-19-13(10-24-17)11-5-6-14-15(9-11)23-8-7-22-14/h5-6,9-10,12H,3-4,7-8H2,1-2H3,(H2,18,19,20,21). The number of fused-ring (bicyclic) bond motifs is 1. The number of hydrogen-bond donors (Lipinski definition) is 2. The maximum Gasteiger partial charge on any atom is 0.321 e. The third kappa shape index (κ3) is 3.79. The van der Waals surface area contributed by atoms with Crippen molar-refractivity contribution in [1.82, 2.24) is 10.3 Å². The van der Waals surface area contributed by atoms with Gasteiger partial charge >= 0.3 is 6.03 Å². The molecule has 2 N–H and O–H groups in total. The fourth-order valence-electron chi connectivity index (χ4n) is 2.48. The Bertz CT molecular complexity index is 713. The van der Waals surface area contributed by atoms with Gasteiger partial charge in [0.2, 0.25) is 0 Å². The third-order valence-corrected chi connectivity index (χ3v) is 4.64. The highest BCUT2D eigenvalue weighted by Gasteiger charge is 2.15. The SMILES string of the molecule is CCC(CC)NC(=O)Nc1nc(-c2ccc3c(c2)OCCO3)cs1. The summed E-state index contributed by atoms with van der Waals surface area (Å²) < 4.78 is 11.1. The molecule has 2 amide bonds. The van der Waals surface area contributed by atoms with Crippen LogP contribution < -0.4 is 20.1 Å². The molecule has 128 valence electrons. The average molecular weight is 347 g/mol. The second-order valence-electron chi connectivity index (χ2n) is 5.51. The predicted molar refractivity (Wildman–Crippen MR) is 95.1 cm³/mol. The summed E-state index contributed by atoms with van der Waals surface area (Å²) in [4.78, 5) is 16.5. The van der Waals surface area contributed by atoms with Gasteiger partial charge in [0.15, 0.2) is 16.6 Å². The molecule has 3 rings (SSSR count). The molecule has 0 atom stereocenters. The van der Waals surface area contributed by atoms with Crippen LogP contribution in [0, 0.1) is 0 Å². The lowest BCUT2D eigenvalue weighted by Gasteiger charge is -2.18. The minimum Gasteiger partial charge on any atom is -0.486 e. The van der Waals surface area contributed by atoms with Crippen LogP contribution in [0.25, 0.3) is 11.3 Å². The van der Waals surface area contributed by atoms with E-state index < -0.39 is 0 Å². The number of benzene rings is 1. The van der Waals surface area contributed by atoms with E-state index in [4.69, 9.17) is 9.47 Å². The summed E-state index contributed by atoms with van der Waals surface area (Å²) in [5, 5.41) is 8.22. The van der Waals surface area contributed by atoms with E-state index in [0.717, 1.165) is 35.6 Å². The molecule has 0 spiro atoms. The zero-order chi connectivity index (χ0) is 16.9. The fraction of sp³-hybridized carbons (Fsp3) is 0.412. The van der Waals surface area contributed by atoms with Crippen molar-refractivity contribution < 1.29 is 14.3 Å². The molecule has 2 aromatic rings. The molecule has 24 heavy (non-hydrogen) atoms. The molecule has 1 aliphatic rings. The lowest BCUT2D eigenvalue weighted by molar-refractivity contribution is 0.171. The van der Waals surface area contributed by atoms with Crippen LogP contribution >= 0.6 is 11.3 Å². The summed E-state index contributed by atoms with van der Waals surface area (Å²) in [7, 11) is 0. The number of amides is 2. The maximum atomic E-state index is 12.0. The summed E-state index contributed by atoms with van der Waals surface area (Å²) in [6.07, 6.45) is 1.81. The van der Waals surface area contributed by atoms with Crippen LogP contribution in [-0.2, 0) is 0 Å². The second kappa shape index (κ2) is 7.53. The minimum atomic E-state index is -0.216. The molecule has 0 bridgehead atoms. The van der Waals surface area contributed by atoms with Gasteiger partial charge in [-0.05, 0) is 31.0 Å². The number of carbonyl (C=O) groups excluding carboxylic acids is 1. The number of ether oxygens (including phenoxy) is 2. The number of hydrogen-bond acceptors (Lipinski definition) is 5. The molecule has 1 aliphatic heterocycles. The minimum absolute atomic E-state index is 0.183. The highest BCUT2D eigenvalue weighted by molar-refractivity contribution is 7.14. The molecule has 1 aromatic carbocycles. The number of aromatic nitrogens is 1. The van der Waals surface area contributed by atoms with Crippen LogP contribution in [0.15, 0.2) is 23.6 Å². The highest BCUT2D eigenvalue weighted by atomic mass is 32.1. The Kier molecular flexibility index (Phi) is 5.20. The first kappa shape index (κ1) is 16.6. The smallest absolute Gasteiger partial charge is 0.321 e. The predicted octanol–water partition coefficient (Wildman–Crippen LogP) is 3.89. The number of nitrogens with one attached hydrogen (secondary N) is 2. The normalized spacial score (nSPS) is 13.0. The number of anilines is 1. The van der Waals surface area contributed by atoms with Crippen LogP contribution in [0.4, 0.5) is 9.93 Å². The van der Waals surface area contributed by atoms with Gasteiger partial charge in [0.1, 0.15) is 13.2 Å². The first-order valence-corrected chi connectivity index (χ1v) is 9.00. The van der Waals surface area contributed by atoms with Gasteiger partial charge in [-0.15, -0.1) is 11.3 Å². The summed E-state index contributed by atoms with van der Waals surface area (Å²) in [6, 6.07) is 5.71. The molecular weight excluding hydrogens is 326 g/mol. The Labute approximate surface area is 145 Å². The molecule has 2 heterocycles. The van der Waals surface area contributed by atoms with Gasteiger partial charge in [-0.1, -0.05) is 13.8 Å². The van der Waals surface area contributed by atoms with E-state index in [2.05, 4.69) is 29.5 Å². The number of rotatable bonds is 5.